The van der Waals surface area contributed by atoms with Crippen molar-refractivity contribution in [3.63, 3.8) is 0 Å². The third-order valence-corrected chi connectivity index (χ3v) is 4.59. The Hall–Kier alpha value is -2.53. The molecule has 0 aliphatic carbocycles. The molecule has 0 saturated carbocycles. The highest BCUT2D eigenvalue weighted by Crippen LogP contribution is 2.27. The van der Waals surface area contributed by atoms with Gasteiger partial charge in [-0.25, -0.2) is 9.78 Å². The summed E-state index contributed by atoms with van der Waals surface area (Å²) in [5, 5.41) is 0. The molecular weight excluding hydrogens is 322 g/mol. The normalized spacial score (nSPS) is 10.6. The lowest BCUT2D eigenvalue weighted by molar-refractivity contribution is 0.0600. The Bertz CT molecular complexity index is 826. The van der Waals surface area contributed by atoms with Gasteiger partial charge in [-0.2, -0.15) is 0 Å². The first-order chi connectivity index (χ1) is 11.7. The van der Waals surface area contributed by atoms with Crippen molar-refractivity contribution in [2.45, 2.75) is 17.6 Å². The van der Waals surface area contributed by atoms with Gasteiger partial charge < -0.3 is 9.15 Å². The predicted molar refractivity (Wildman–Crippen MR) is 94.0 cm³/mol. The van der Waals surface area contributed by atoms with Crippen molar-refractivity contribution in [1.82, 2.24) is 4.98 Å². The lowest BCUT2D eigenvalue weighted by Crippen LogP contribution is -2.00. The van der Waals surface area contributed by atoms with E-state index in [1.807, 2.05) is 37.3 Å². The fourth-order valence-corrected chi connectivity index (χ4v) is 3.14. The Kier molecular flexibility index (Phi) is 5.01. The van der Waals surface area contributed by atoms with Gasteiger partial charge in [-0.1, -0.05) is 18.2 Å². The lowest BCUT2D eigenvalue weighted by Gasteiger charge is -2.00. The summed E-state index contributed by atoms with van der Waals surface area (Å²) in [6, 6.07) is 17.2. The van der Waals surface area contributed by atoms with Crippen LogP contribution in [0.1, 0.15) is 21.8 Å². The van der Waals surface area contributed by atoms with Crippen molar-refractivity contribution < 1.29 is 13.9 Å². The molecular formula is C19H17NO3S. The molecule has 122 valence electrons. The van der Waals surface area contributed by atoms with Crippen LogP contribution in [0.25, 0.3) is 11.5 Å². The van der Waals surface area contributed by atoms with Gasteiger partial charge in [0.2, 0.25) is 5.89 Å². The third kappa shape index (κ3) is 3.68. The van der Waals surface area contributed by atoms with Gasteiger partial charge in [-0.15, -0.1) is 11.8 Å². The quantitative estimate of drug-likeness (QED) is 0.497. The molecule has 3 aromatic rings. The predicted octanol–water partition coefficient (Wildman–Crippen LogP) is 4.73. The number of carbonyl (C=O) groups excluding carboxylic acids is 1. The molecule has 3 rings (SSSR count). The molecule has 0 N–H and O–H groups in total. The maximum atomic E-state index is 11.5. The topological polar surface area (TPSA) is 52.3 Å². The third-order valence-electron chi connectivity index (χ3n) is 3.56. The van der Waals surface area contributed by atoms with Gasteiger partial charge in [-0.3, -0.25) is 0 Å². The van der Waals surface area contributed by atoms with Gasteiger partial charge in [0.05, 0.1) is 18.4 Å². The van der Waals surface area contributed by atoms with Gasteiger partial charge in [0.25, 0.3) is 0 Å². The first-order valence-corrected chi connectivity index (χ1v) is 8.49. The number of aryl methyl sites for hydroxylation is 1. The number of carbonyl (C=O) groups is 1. The van der Waals surface area contributed by atoms with E-state index in [9.17, 15) is 4.79 Å². The van der Waals surface area contributed by atoms with E-state index in [0.29, 0.717) is 11.5 Å². The number of hydrogen-bond donors (Lipinski definition) is 0. The number of nitrogens with zero attached hydrogens (tertiary/aromatic N) is 1. The van der Waals surface area contributed by atoms with Gasteiger partial charge in [0.1, 0.15) is 5.76 Å². The van der Waals surface area contributed by atoms with Crippen LogP contribution in [0.4, 0.5) is 0 Å². The minimum atomic E-state index is -0.356. The lowest BCUT2D eigenvalue weighted by atomic mass is 10.1. The smallest absolute Gasteiger partial charge is 0.337 e. The molecule has 0 saturated heterocycles. The summed E-state index contributed by atoms with van der Waals surface area (Å²) in [6.45, 7) is 1.92. The van der Waals surface area contributed by atoms with Crippen molar-refractivity contribution in [2.75, 3.05) is 7.11 Å². The maximum Gasteiger partial charge on any atom is 0.337 e. The summed E-state index contributed by atoms with van der Waals surface area (Å²) in [6.07, 6.45) is 0. The zero-order chi connectivity index (χ0) is 16.9. The molecule has 4 nitrogen and oxygen atoms in total. The van der Waals surface area contributed by atoms with Crippen LogP contribution in [-0.4, -0.2) is 18.1 Å². The second kappa shape index (κ2) is 7.36. The number of rotatable bonds is 5. The summed E-state index contributed by atoms with van der Waals surface area (Å²) < 4.78 is 10.5. The molecule has 0 amide bonds. The maximum absolute atomic E-state index is 11.5. The molecule has 0 radical (unpaired) electrons. The van der Waals surface area contributed by atoms with Crippen molar-refractivity contribution in [3.05, 3.63) is 71.6 Å². The molecule has 0 spiro atoms. The van der Waals surface area contributed by atoms with E-state index >= 15 is 0 Å². The van der Waals surface area contributed by atoms with Crippen LogP contribution in [0.5, 0.6) is 0 Å². The number of benzene rings is 2. The van der Waals surface area contributed by atoms with Gasteiger partial charge >= 0.3 is 5.97 Å². The van der Waals surface area contributed by atoms with E-state index in [0.717, 1.165) is 22.8 Å². The second-order valence-electron chi connectivity index (χ2n) is 5.19. The Morgan fingerprint density at radius 2 is 1.83 bits per heavy atom. The first-order valence-electron chi connectivity index (χ1n) is 7.50. The van der Waals surface area contributed by atoms with Crippen LogP contribution in [0.2, 0.25) is 0 Å². The summed E-state index contributed by atoms with van der Waals surface area (Å²) in [4.78, 5) is 17.3. The Balaban J connectivity index is 1.74. The van der Waals surface area contributed by atoms with E-state index in [1.165, 1.54) is 12.0 Å². The highest BCUT2D eigenvalue weighted by Gasteiger charge is 2.13. The molecule has 0 fully saturated rings. The van der Waals surface area contributed by atoms with E-state index in [1.54, 1.807) is 23.9 Å². The van der Waals surface area contributed by atoms with Crippen LogP contribution in [0.15, 0.2) is 63.9 Å². The summed E-state index contributed by atoms with van der Waals surface area (Å²) >= 11 is 1.72. The van der Waals surface area contributed by atoms with E-state index in [-0.39, 0.29) is 5.97 Å². The number of ether oxygens (including phenoxy) is 1. The van der Waals surface area contributed by atoms with E-state index in [4.69, 9.17) is 9.15 Å². The number of methoxy groups -OCH3 is 1. The summed E-state index contributed by atoms with van der Waals surface area (Å²) in [5.74, 6) is 1.77. The van der Waals surface area contributed by atoms with Crippen molar-refractivity contribution in [1.29, 1.82) is 0 Å². The van der Waals surface area contributed by atoms with Crippen molar-refractivity contribution in [2.24, 2.45) is 0 Å². The largest absolute Gasteiger partial charge is 0.465 e. The van der Waals surface area contributed by atoms with E-state index in [2.05, 4.69) is 17.1 Å². The average molecular weight is 339 g/mol. The van der Waals surface area contributed by atoms with Gasteiger partial charge in [0, 0.05) is 16.2 Å². The van der Waals surface area contributed by atoms with Crippen LogP contribution in [0, 0.1) is 6.92 Å². The fourth-order valence-electron chi connectivity index (χ4n) is 2.22. The van der Waals surface area contributed by atoms with Gasteiger partial charge in [-0.05, 0) is 43.3 Å². The fraction of sp³-hybridized carbons (Fsp3) is 0.158. The van der Waals surface area contributed by atoms with Crippen molar-refractivity contribution >= 4 is 17.7 Å². The summed E-state index contributed by atoms with van der Waals surface area (Å²) in [7, 11) is 1.37. The molecule has 0 unspecified atom stereocenters. The molecule has 5 heteroatoms. The minimum Gasteiger partial charge on any atom is -0.465 e. The van der Waals surface area contributed by atoms with Crippen LogP contribution < -0.4 is 0 Å². The van der Waals surface area contributed by atoms with Crippen LogP contribution in [0.3, 0.4) is 0 Å². The molecule has 24 heavy (non-hydrogen) atoms. The summed E-state index contributed by atoms with van der Waals surface area (Å²) in [5.41, 5.74) is 2.27. The second-order valence-corrected chi connectivity index (χ2v) is 6.24. The average Bonchev–Trinajstić information content (AvgIpc) is 3.01. The zero-order valence-electron chi connectivity index (χ0n) is 13.5. The molecule has 0 aliphatic heterocycles. The SMILES string of the molecule is COC(=O)c1ccc(-c2nc(CSc3ccccc3)c(C)o2)cc1. The Labute approximate surface area is 144 Å². The number of aromatic nitrogens is 1. The van der Waals surface area contributed by atoms with E-state index < -0.39 is 0 Å². The number of esters is 1. The van der Waals surface area contributed by atoms with Crippen LogP contribution >= 0.6 is 11.8 Å². The Morgan fingerprint density at radius 1 is 1.12 bits per heavy atom. The molecule has 0 aliphatic rings. The molecule has 2 aromatic carbocycles. The molecule has 1 aromatic heterocycles. The highest BCUT2D eigenvalue weighted by atomic mass is 32.2. The first kappa shape index (κ1) is 16.3. The molecule has 0 atom stereocenters. The highest BCUT2D eigenvalue weighted by molar-refractivity contribution is 7.98. The van der Waals surface area contributed by atoms with Gasteiger partial charge in [0.15, 0.2) is 0 Å². The zero-order valence-corrected chi connectivity index (χ0v) is 14.3. The number of hydrogen-bond acceptors (Lipinski definition) is 5. The van der Waals surface area contributed by atoms with Crippen molar-refractivity contribution in [3.8, 4) is 11.5 Å². The Morgan fingerprint density at radius 3 is 2.50 bits per heavy atom. The number of thioether (sulfide) groups is 1. The standard InChI is InChI=1S/C19H17NO3S/c1-13-17(12-24-16-6-4-3-5-7-16)20-18(23-13)14-8-10-15(11-9-14)19(21)22-2/h3-11H,12H2,1-2H3. The number of oxazole rings is 1. The monoisotopic (exact) mass is 339 g/mol. The van der Waals surface area contributed by atoms with Crippen LogP contribution in [-0.2, 0) is 10.5 Å². The molecule has 0 bridgehead atoms. The minimum absolute atomic E-state index is 0.356. The molecule has 1 heterocycles.